The van der Waals surface area contributed by atoms with Gasteiger partial charge in [0, 0.05) is 17.7 Å². The van der Waals surface area contributed by atoms with Gasteiger partial charge in [0.15, 0.2) is 16.9 Å². The van der Waals surface area contributed by atoms with Crippen LogP contribution >= 0.6 is 0 Å². The lowest BCUT2D eigenvalue weighted by Crippen LogP contribution is -2.60. The van der Waals surface area contributed by atoms with Crippen molar-refractivity contribution in [3.05, 3.63) is 52.7 Å². The molecule has 0 spiro atoms. The maximum absolute atomic E-state index is 12.7. The molecule has 1 aromatic heterocycles. The van der Waals surface area contributed by atoms with Crippen molar-refractivity contribution in [3.63, 3.8) is 0 Å². The van der Waals surface area contributed by atoms with Gasteiger partial charge in [-0.15, -0.1) is 0 Å². The SMILES string of the molecule is O=c1cc(-c2ccccc2)oc2cc(O)c(O[C@@H]3OC(CO)[C@@H](O)[C@H](O)C3O)c(O)c12. The molecular formula is C21H20O10. The fourth-order valence-electron chi connectivity index (χ4n) is 3.41. The molecule has 0 amide bonds. The van der Waals surface area contributed by atoms with Crippen LogP contribution in [-0.4, -0.2) is 68.0 Å². The Balaban J connectivity index is 1.74. The van der Waals surface area contributed by atoms with Gasteiger partial charge in [-0.25, -0.2) is 0 Å². The second-order valence-electron chi connectivity index (χ2n) is 7.10. The summed E-state index contributed by atoms with van der Waals surface area (Å²) in [5.41, 5.74) is -0.110. The number of aliphatic hydroxyl groups excluding tert-OH is 4. The van der Waals surface area contributed by atoms with Crippen molar-refractivity contribution in [1.29, 1.82) is 0 Å². The summed E-state index contributed by atoms with van der Waals surface area (Å²) in [5.74, 6) is -1.77. The van der Waals surface area contributed by atoms with E-state index in [1.807, 2.05) is 0 Å². The first-order valence-corrected chi connectivity index (χ1v) is 9.37. The smallest absolute Gasteiger partial charge is 0.229 e. The molecule has 31 heavy (non-hydrogen) atoms. The van der Waals surface area contributed by atoms with Gasteiger partial charge in [0.2, 0.25) is 12.0 Å². The van der Waals surface area contributed by atoms with Crippen molar-refractivity contribution in [3.8, 4) is 28.6 Å². The molecule has 3 aromatic rings. The molecule has 164 valence electrons. The molecule has 10 heteroatoms. The third-order valence-corrected chi connectivity index (χ3v) is 5.07. The number of aromatic hydroxyl groups is 2. The predicted molar refractivity (Wildman–Crippen MR) is 106 cm³/mol. The maximum atomic E-state index is 12.7. The van der Waals surface area contributed by atoms with Gasteiger partial charge >= 0.3 is 0 Å². The van der Waals surface area contributed by atoms with E-state index in [9.17, 15) is 35.4 Å². The van der Waals surface area contributed by atoms with Crippen LogP contribution in [0.5, 0.6) is 17.2 Å². The fraction of sp³-hybridized carbons (Fsp3) is 0.286. The number of rotatable bonds is 4. The monoisotopic (exact) mass is 432 g/mol. The molecule has 2 aromatic carbocycles. The van der Waals surface area contributed by atoms with Gasteiger partial charge in [-0.3, -0.25) is 4.79 Å². The van der Waals surface area contributed by atoms with Gasteiger partial charge in [-0.2, -0.15) is 0 Å². The Bertz CT molecular complexity index is 1140. The molecule has 6 N–H and O–H groups in total. The van der Waals surface area contributed by atoms with Crippen LogP contribution in [0.2, 0.25) is 0 Å². The summed E-state index contributed by atoms with van der Waals surface area (Å²) < 4.78 is 16.2. The van der Waals surface area contributed by atoms with Crippen molar-refractivity contribution in [2.45, 2.75) is 30.7 Å². The Labute approximate surface area is 174 Å². The van der Waals surface area contributed by atoms with E-state index in [2.05, 4.69) is 0 Å². The first kappa shape index (κ1) is 21.1. The highest BCUT2D eigenvalue weighted by atomic mass is 16.7. The molecule has 0 aliphatic carbocycles. The first-order valence-electron chi connectivity index (χ1n) is 9.37. The molecule has 10 nitrogen and oxygen atoms in total. The van der Waals surface area contributed by atoms with E-state index in [0.717, 1.165) is 6.07 Å². The number of hydrogen-bond donors (Lipinski definition) is 6. The number of benzene rings is 2. The van der Waals surface area contributed by atoms with Crippen molar-refractivity contribution in [2.75, 3.05) is 6.61 Å². The minimum atomic E-state index is -1.77. The molecule has 1 saturated heterocycles. The average Bonchev–Trinajstić information content (AvgIpc) is 2.76. The van der Waals surface area contributed by atoms with E-state index in [-0.39, 0.29) is 16.7 Å². The molecule has 2 unspecified atom stereocenters. The van der Waals surface area contributed by atoms with E-state index in [4.69, 9.17) is 13.9 Å². The highest BCUT2D eigenvalue weighted by molar-refractivity contribution is 5.89. The van der Waals surface area contributed by atoms with Crippen molar-refractivity contribution in [1.82, 2.24) is 0 Å². The lowest BCUT2D eigenvalue weighted by atomic mass is 9.99. The topological polar surface area (TPSA) is 170 Å². The van der Waals surface area contributed by atoms with E-state index in [1.54, 1.807) is 30.3 Å². The van der Waals surface area contributed by atoms with Crippen molar-refractivity contribution < 1.29 is 44.5 Å². The largest absolute Gasteiger partial charge is 0.504 e. The van der Waals surface area contributed by atoms with Gasteiger partial charge < -0.3 is 44.5 Å². The number of phenolic OH excluding ortho intramolecular Hbond substituents is 2. The van der Waals surface area contributed by atoms with Gasteiger partial charge in [-0.05, 0) is 0 Å². The Hall–Kier alpha value is -3.15. The van der Waals surface area contributed by atoms with E-state index in [0.29, 0.717) is 5.56 Å². The van der Waals surface area contributed by atoms with Crippen LogP contribution in [0.25, 0.3) is 22.3 Å². The normalized spacial score (nSPS) is 26.1. The van der Waals surface area contributed by atoms with E-state index in [1.165, 1.54) is 6.07 Å². The van der Waals surface area contributed by atoms with Crippen LogP contribution < -0.4 is 10.2 Å². The number of aliphatic hydroxyl groups is 4. The lowest BCUT2D eigenvalue weighted by Gasteiger charge is -2.39. The van der Waals surface area contributed by atoms with Gasteiger partial charge in [0.1, 0.15) is 41.1 Å². The van der Waals surface area contributed by atoms with Crippen LogP contribution in [0.4, 0.5) is 0 Å². The maximum Gasteiger partial charge on any atom is 0.229 e. The average molecular weight is 432 g/mol. The highest BCUT2D eigenvalue weighted by Crippen LogP contribution is 2.43. The summed E-state index contributed by atoms with van der Waals surface area (Å²) in [6.45, 7) is -0.688. The van der Waals surface area contributed by atoms with E-state index >= 15 is 0 Å². The summed E-state index contributed by atoms with van der Waals surface area (Å²) >= 11 is 0. The summed E-state index contributed by atoms with van der Waals surface area (Å²) in [6, 6.07) is 11.0. The van der Waals surface area contributed by atoms with Gasteiger partial charge in [-0.1, -0.05) is 30.3 Å². The molecule has 0 saturated carbocycles. The second kappa shape index (κ2) is 8.17. The Morgan fingerprint density at radius 3 is 2.35 bits per heavy atom. The molecule has 5 atom stereocenters. The molecule has 1 aliphatic heterocycles. The van der Waals surface area contributed by atoms with Crippen molar-refractivity contribution in [2.24, 2.45) is 0 Å². The zero-order valence-electron chi connectivity index (χ0n) is 16.0. The van der Waals surface area contributed by atoms with Crippen LogP contribution in [0.15, 0.2) is 51.7 Å². The third kappa shape index (κ3) is 3.71. The lowest BCUT2D eigenvalue weighted by molar-refractivity contribution is -0.277. The third-order valence-electron chi connectivity index (χ3n) is 5.07. The number of ether oxygens (including phenoxy) is 2. The Morgan fingerprint density at radius 2 is 1.68 bits per heavy atom. The summed E-state index contributed by atoms with van der Waals surface area (Å²) in [6.07, 6.45) is -8.03. The van der Waals surface area contributed by atoms with E-state index < -0.39 is 60.0 Å². The minimum Gasteiger partial charge on any atom is -0.504 e. The first-order chi connectivity index (χ1) is 14.8. The predicted octanol–water partition coefficient (Wildman–Crippen LogP) is 0.0499. The zero-order valence-corrected chi connectivity index (χ0v) is 16.0. The molecule has 4 rings (SSSR count). The van der Waals surface area contributed by atoms with Crippen LogP contribution in [0.3, 0.4) is 0 Å². The molecule has 1 aliphatic rings. The standard InChI is InChI=1S/C21H20O10/c22-8-14-16(25)18(27)19(28)21(30-14)31-20-11(24)7-13-15(17(20)26)10(23)6-12(29-13)9-4-2-1-3-5-9/h1-7,14,16,18-19,21-22,24-28H,8H2/t14?,16-,18+,19?,21+/m1/s1. The van der Waals surface area contributed by atoms with Crippen LogP contribution in [-0.2, 0) is 4.74 Å². The minimum absolute atomic E-state index is 0.109. The molecule has 0 radical (unpaired) electrons. The zero-order chi connectivity index (χ0) is 22.3. The van der Waals surface area contributed by atoms with Crippen LogP contribution in [0, 0.1) is 0 Å². The second-order valence-corrected chi connectivity index (χ2v) is 7.10. The molecule has 2 heterocycles. The number of hydrogen-bond acceptors (Lipinski definition) is 10. The molecule has 1 fully saturated rings. The fourth-order valence-corrected chi connectivity index (χ4v) is 3.41. The summed E-state index contributed by atoms with van der Waals surface area (Å²) in [7, 11) is 0. The van der Waals surface area contributed by atoms with Crippen molar-refractivity contribution >= 4 is 11.0 Å². The quantitative estimate of drug-likeness (QED) is 0.331. The Morgan fingerprint density at radius 1 is 0.968 bits per heavy atom. The Kier molecular flexibility index (Phi) is 5.56. The number of phenols is 2. The van der Waals surface area contributed by atoms with Gasteiger partial charge in [0.05, 0.1) is 6.61 Å². The highest BCUT2D eigenvalue weighted by Gasteiger charge is 2.45. The molecular weight excluding hydrogens is 412 g/mol. The number of fused-ring (bicyclic) bond motifs is 1. The molecule has 0 bridgehead atoms. The summed E-state index contributed by atoms with van der Waals surface area (Å²) in [4.78, 5) is 12.7. The summed E-state index contributed by atoms with van der Waals surface area (Å²) in [5, 5.41) is 59.8. The van der Waals surface area contributed by atoms with Crippen LogP contribution in [0.1, 0.15) is 0 Å². The van der Waals surface area contributed by atoms with Gasteiger partial charge in [0.25, 0.3) is 0 Å².